The van der Waals surface area contributed by atoms with Crippen molar-refractivity contribution in [3.63, 3.8) is 0 Å². The van der Waals surface area contributed by atoms with E-state index in [1.165, 1.54) is 0 Å². The number of carbonyl (C=O) groups is 1. The molecule has 0 aliphatic carbocycles. The number of aryl methyl sites for hydroxylation is 2. The highest BCUT2D eigenvalue weighted by Gasteiger charge is 2.02. The predicted molar refractivity (Wildman–Crippen MR) is 49.6 cm³/mol. The molecule has 4 nitrogen and oxygen atoms in total. The number of aliphatic carboxylic acids is 1. The van der Waals surface area contributed by atoms with Crippen molar-refractivity contribution in [2.75, 3.05) is 6.54 Å². The number of aromatic nitrogens is 1. The third kappa shape index (κ3) is 2.91. The van der Waals surface area contributed by atoms with E-state index in [2.05, 4.69) is 10.3 Å². The highest BCUT2D eigenvalue weighted by molar-refractivity contribution is 5.68. The Balaban J connectivity index is 2.45. The van der Waals surface area contributed by atoms with Crippen molar-refractivity contribution in [3.8, 4) is 0 Å². The predicted octanol–water partition coefficient (Wildman–Crippen LogP) is 0.806. The van der Waals surface area contributed by atoms with Crippen molar-refractivity contribution < 1.29 is 9.90 Å². The minimum Gasteiger partial charge on any atom is -0.480 e. The topological polar surface area (TPSA) is 65.1 Å². The fourth-order valence-electron chi connectivity index (χ4n) is 1.27. The van der Waals surface area contributed by atoms with Crippen molar-refractivity contribution in [2.24, 2.45) is 0 Å². The number of nitrogens with one attached hydrogen (secondary N) is 2. The third-order valence-electron chi connectivity index (χ3n) is 1.85. The second kappa shape index (κ2) is 4.09. The number of H-pyrrole nitrogens is 1. The number of hydrogen-bond donors (Lipinski definition) is 3. The number of rotatable bonds is 4. The van der Waals surface area contributed by atoms with Crippen LogP contribution < -0.4 is 5.32 Å². The molecule has 1 rings (SSSR count). The lowest BCUT2D eigenvalue weighted by Crippen LogP contribution is -2.21. The van der Waals surface area contributed by atoms with Gasteiger partial charge in [0, 0.05) is 17.9 Å². The number of carboxylic acids is 1. The van der Waals surface area contributed by atoms with Crippen molar-refractivity contribution in [1.82, 2.24) is 10.3 Å². The molecule has 0 radical (unpaired) electrons. The van der Waals surface area contributed by atoms with Gasteiger partial charge in [-0.15, -0.1) is 0 Å². The van der Waals surface area contributed by atoms with Crippen molar-refractivity contribution in [2.45, 2.75) is 20.4 Å². The zero-order valence-electron chi connectivity index (χ0n) is 7.85. The molecule has 1 aromatic rings. The Bertz CT molecular complexity index is 305. The summed E-state index contributed by atoms with van der Waals surface area (Å²) in [5, 5.41) is 11.2. The highest BCUT2D eigenvalue weighted by Crippen LogP contribution is 2.08. The molecule has 1 aromatic heterocycles. The first-order valence-electron chi connectivity index (χ1n) is 4.17. The van der Waals surface area contributed by atoms with Gasteiger partial charge in [-0.1, -0.05) is 0 Å². The van der Waals surface area contributed by atoms with Gasteiger partial charge in [-0.2, -0.15) is 0 Å². The SMILES string of the molecule is Cc1cc(CNCC(=O)O)c(C)[nH]1. The van der Waals surface area contributed by atoms with E-state index in [0.717, 1.165) is 17.0 Å². The van der Waals surface area contributed by atoms with E-state index >= 15 is 0 Å². The van der Waals surface area contributed by atoms with Crippen LogP contribution in [0, 0.1) is 13.8 Å². The van der Waals surface area contributed by atoms with Gasteiger partial charge in [-0.05, 0) is 25.5 Å². The molecule has 0 saturated heterocycles. The third-order valence-corrected chi connectivity index (χ3v) is 1.85. The Hall–Kier alpha value is -1.29. The van der Waals surface area contributed by atoms with Crippen LogP contribution in [0.1, 0.15) is 17.0 Å². The Morgan fingerprint density at radius 2 is 2.31 bits per heavy atom. The minimum atomic E-state index is -0.829. The zero-order valence-corrected chi connectivity index (χ0v) is 7.85. The number of carboxylic acid groups (broad SMARTS) is 1. The van der Waals surface area contributed by atoms with Gasteiger partial charge in [0.1, 0.15) is 0 Å². The van der Waals surface area contributed by atoms with Gasteiger partial charge in [0.25, 0.3) is 0 Å². The van der Waals surface area contributed by atoms with E-state index in [0.29, 0.717) is 6.54 Å². The highest BCUT2D eigenvalue weighted by atomic mass is 16.4. The molecule has 0 saturated carbocycles. The van der Waals surface area contributed by atoms with Crippen LogP contribution >= 0.6 is 0 Å². The Morgan fingerprint density at radius 3 is 2.77 bits per heavy atom. The Morgan fingerprint density at radius 1 is 1.62 bits per heavy atom. The molecule has 0 aliphatic rings. The first-order chi connectivity index (χ1) is 6.09. The quantitative estimate of drug-likeness (QED) is 0.645. The van der Waals surface area contributed by atoms with Gasteiger partial charge < -0.3 is 15.4 Å². The molecular weight excluding hydrogens is 168 g/mol. The van der Waals surface area contributed by atoms with Crippen LogP contribution in [0.4, 0.5) is 0 Å². The Kier molecular flexibility index (Phi) is 3.08. The average molecular weight is 182 g/mol. The summed E-state index contributed by atoms with van der Waals surface area (Å²) >= 11 is 0. The van der Waals surface area contributed by atoms with E-state index in [-0.39, 0.29) is 6.54 Å². The summed E-state index contributed by atoms with van der Waals surface area (Å²) in [6.07, 6.45) is 0. The summed E-state index contributed by atoms with van der Waals surface area (Å²) in [4.78, 5) is 13.4. The molecule has 0 spiro atoms. The van der Waals surface area contributed by atoms with Crippen molar-refractivity contribution in [3.05, 3.63) is 23.0 Å². The molecule has 4 heteroatoms. The van der Waals surface area contributed by atoms with Gasteiger partial charge in [0.05, 0.1) is 6.54 Å². The lowest BCUT2D eigenvalue weighted by molar-refractivity contribution is -0.135. The number of aromatic amines is 1. The lowest BCUT2D eigenvalue weighted by atomic mass is 10.2. The van der Waals surface area contributed by atoms with Crippen molar-refractivity contribution in [1.29, 1.82) is 0 Å². The smallest absolute Gasteiger partial charge is 0.317 e. The first kappa shape index (κ1) is 9.80. The molecule has 0 fully saturated rings. The fourth-order valence-corrected chi connectivity index (χ4v) is 1.27. The van der Waals surface area contributed by atoms with Crippen LogP contribution in [0.15, 0.2) is 6.07 Å². The molecule has 0 atom stereocenters. The molecular formula is C9H14N2O2. The average Bonchev–Trinajstić information content (AvgIpc) is 2.29. The molecule has 13 heavy (non-hydrogen) atoms. The van der Waals surface area contributed by atoms with Gasteiger partial charge in [-0.3, -0.25) is 4.79 Å². The molecule has 3 N–H and O–H groups in total. The summed E-state index contributed by atoms with van der Waals surface area (Å²) in [6.45, 7) is 4.56. The summed E-state index contributed by atoms with van der Waals surface area (Å²) < 4.78 is 0. The van der Waals surface area contributed by atoms with Crippen LogP contribution in [0.2, 0.25) is 0 Å². The second-order valence-corrected chi connectivity index (χ2v) is 3.10. The van der Waals surface area contributed by atoms with E-state index in [1.54, 1.807) is 0 Å². The first-order valence-corrected chi connectivity index (χ1v) is 4.17. The zero-order chi connectivity index (χ0) is 9.84. The maximum atomic E-state index is 10.2. The van der Waals surface area contributed by atoms with Crippen molar-refractivity contribution >= 4 is 5.97 Å². The van der Waals surface area contributed by atoms with Crippen LogP contribution in [0.3, 0.4) is 0 Å². The summed E-state index contributed by atoms with van der Waals surface area (Å²) in [6, 6.07) is 2.02. The summed E-state index contributed by atoms with van der Waals surface area (Å²) in [5.41, 5.74) is 3.32. The summed E-state index contributed by atoms with van der Waals surface area (Å²) in [7, 11) is 0. The molecule has 0 unspecified atom stereocenters. The largest absolute Gasteiger partial charge is 0.480 e. The maximum Gasteiger partial charge on any atom is 0.317 e. The van der Waals surface area contributed by atoms with Crippen LogP contribution in [-0.2, 0) is 11.3 Å². The van der Waals surface area contributed by atoms with Crippen LogP contribution in [-0.4, -0.2) is 22.6 Å². The van der Waals surface area contributed by atoms with Gasteiger partial charge >= 0.3 is 5.97 Å². The van der Waals surface area contributed by atoms with E-state index in [4.69, 9.17) is 5.11 Å². The van der Waals surface area contributed by atoms with Crippen LogP contribution in [0.25, 0.3) is 0 Å². The monoisotopic (exact) mass is 182 g/mol. The van der Waals surface area contributed by atoms with Gasteiger partial charge in [0.2, 0.25) is 0 Å². The number of hydrogen-bond acceptors (Lipinski definition) is 2. The normalized spacial score (nSPS) is 10.3. The van der Waals surface area contributed by atoms with E-state index < -0.39 is 5.97 Å². The molecule has 72 valence electrons. The fraction of sp³-hybridized carbons (Fsp3) is 0.444. The molecule has 0 aromatic carbocycles. The Labute approximate surface area is 77.0 Å². The standard InChI is InChI=1S/C9H14N2O2/c1-6-3-8(7(2)11-6)4-10-5-9(12)13/h3,10-11H,4-5H2,1-2H3,(H,12,13). The summed E-state index contributed by atoms with van der Waals surface area (Å²) in [5.74, 6) is -0.829. The maximum absolute atomic E-state index is 10.2. The lowest BCUT2D eigenvalue weighted by Gasteiger charge is -1.99. The van der Waals surface area contributed by atoms with E-state index in [1.807, 2.05) is 19.9 Å². The van der Waals surface area contributed by atoms with Gasteiger partial charge in [0.15, 0.2) is 0 Å². The minimum absolute atomic E-state index is 0.00364. The second-order valence-electron chi connectivity index (χ2n) is 3.10. The molecule has 0 amide bonds. The van der Waals surface area contributed by atoms with Gasteiger partial charge in [-0.25, -0.2) is 0 Å². The van der Waals surface area contributed by atoms with E-state index in [9.17, 15) is 4.79 Å². The molecule has 0 bridgehead atoms. The van der Waals surface area contributed by atoms with Crippen LogP contribution in [0.5, 0.6) is 0 Å². The molecule has 1 heterocycles. The molecule has 0 aliphatic heterocycles.